The molecule has 3 atom stereocenters. The standard InChI is InChI=1S/C19H26N4O2/c1-22-11-16(10-21-22)12-23-8-6-19-18(23)5-4-17(25-19)14-24-13-15-3-2-7-20-9-15/h2-3,7,9-11,17-19H,4-6,8,12-14H2,1H3/t17?,18-,19-/m0/s1. The molecule has 0 bridgehead atoms. The van der Waals surface area contributed by atoms with Gasteiger partial charge in [0.2, 0.25) is 0 Å². The largest absolute Gasteiger partial charge is 0.374 e. The Kier molecular flexibility index (Phi) is 5.10. The summed E-state index contributed by atoms with van der Waals surface area (Å²) < 4.78 is 14.0. The summed E-state index contributed by atoms with van der Waals surface area (Å²) >= 11 is 0. The third kappa shape index (κ3) is 4.08. The van der Waals surface area contributed by atoms with Crippen molar-refractivity contribution in [3.63, 3.8) is 0 Å². The molecular formula is C19H26N4O2. The first-order valence-electron chi connectivity index (χ1n) is 9.11. The number of nitrogens with zero attached hydrogens (tertiary/aromatic N) is 4. The van der Waals surface area contributed by atoms with Crippen LogP contribution in [0.3, 0.4) is 0 Å². The Bertz CT molecular complexity index is 675. The van der Waals surface area contributed by atoms with Crippen LogP contribution in [0.4, 0.5) is 0 Å². The summed E-state index contributed by atoms with van der Waals surface area (Å²) in [5.74, 6) is 0. The second-order valence-corrected chi connectivity index (χ2v) is 7.10. The number of hydrogen-bond acceptors (Lipinski definition) is 5. The number of ether oxygens (including phenoxy) is 2. The van der Waals surface area contributed by atoms with E-state index < -0.39 is 0 Å². The minimum atomic E-state index is 0.219. The fourth-order valence-electron chi connectivity index (χ4n) is 3.98. The van der Waals surface area contributed by atoms with Crippen molar-refractivity contribution in [1.29, 1.82) is 0 Å². The molecule has 2 fully saturated rings. The molecule has 0 aromatic carbocycles. The number of rotatable bonds is 6. The first-order chi connectivity index (χ1) is 12.3. The topological polar surface area (TPSA) is 52.4 Å². The second-order valence-electron chi connectivity index (χ2n) is 7.10. The predicted octanol–water partition coefficient (Wildman–Crippen LogP) is 2.15. The lowest BCUT2D eigenvalue weighted by Crippen LogP contribution is -2.43. The summed E-state index contributed by atoms with van der Waals surface area (Å²) in [6.45, 7) is 3.35. The fourth-order valence-corrected chi connectivity index (χ4v) is 3.98. The Morgan fingerprint density at radius 1 is 1.24 bits per heavy atom. The Hall–Kier alpha value is -1.76. The summed E-state index contributed by atoms with van der Waals surface area (Å²) in [5.41, 5.74) is 2.39. The SMILES string of the molecule is Cn1cc(CN2CC[C@@H]3OC(COCc4cccnc4)CC[C@@H]32)cn1. The van der Waals surface area contributed by atoms with E-state index >= 15 is 0 Å². The van der Waals surface area contributed by atoms with Crippen LogP contribution in [0, 0.1) is 0 Å². The van der Waals surface area contributed by atoms with Gasteiger partial charge in [-0.05, 0) is 30.9 Å². The molecule has 6 heteroatoms. The molecule has 6 nitrogen and oxygen atoms in total. The summed E-state index contributed by atoms with van der Waals surface area (Å²) in [5, 5.41) is 4.27. The molecule has 1 unspecified atom stereocenters. The van der Waals surface area contributed by atoms with E-state index in [1.807, 2.05) is 36.3 Å². The van der Waals surface area contributed by atoms with Crippen LogP contribution in [0.2, 0.25) is 0 Å². The van der Waals surface area contributed by atoms with Crippen molar-refractivity contribution in [3.05, 3.63) is 48.0 Å². The van der Waals surface area contributed by atoms with Crippen LogP contribution < -0.4 is 0 Å². The van der Waals surface area contributed by atoms with E-state index in [2.05, 4.69) is 21.2 Å². The van der Waals surface area contributed by atoms with E-state index in [9.17, 15) is 0 Å². The molecule has 0 spiro atoms. The van der Waals surface area contributed by atoms with Crippen LogP contribution in [0.15, 0.2) is 36.9 Å². The van der Waals surface area contributed by atoms with Crippen LogP contribution in [0.5, 0.6) is 0 Å². The normalized spacial score (nSPS) is 26.7. The Morgan fingerprint density at radius 2 is 2.20 bits per heavy atom. The molecule has 2 aromatic rings. The van der Waals surface area contributed by atoms with Gasteiger partial charge in [0.05, 0.1) is 31.6 Å². The van der Waals surface area contributed by atoms with Gasteiger partial charge in [0.15, 0.2) is 0 Å². The maximum Gasteiger partial charge on any atom is 0.0813 e. The monoisotopic (exact) mass is 342 g/mol. The number of aryl methyl sites for hydroxylation is 1. The predicted molar refractivity (Wildman–Crippen MR) is 93.8 cm³/mol. The number of pyridine rings is 1. The third-order valence-corrected chi connectivity index (χ3v) is 5.19. The molecule has 0 N–H and O–H groups in total. The van der Waals surface area contributed by atoms with Gasteiger partial charge >= 0.3 is 0 Å². The molecule has 2 aliphatic rings. The average Bonchev–Trinajstić information content (AvgIpc) is 3.22. The third-order valence-electron chi connectivity index (χ3n) is 5.19. The quantitative estimate of drug-likeness (QED) is 0.805. The Balaban J connectivity index is 1.24. The van der Waals surface area contributed by atoms with Crippen molar-refractivity contribution in [3.8, 4) is 0 Å². The van der Waals surface area contributed by atoms with E-state index in [1.54, 1.807) is 6.20 Å². The molecular weight excluding hydrogens is 316 g/mol. The molecule has 4 heterocycles. The van der Waals surface area contributed by atoms with Crippen molar-refractivity contribution in [2.75, 3.05) is 13.2 Å². The zero-order valence-corrected chi connectivity index (χ0v) is 14.8. The highest BCUT2D eigenvalue weighted by Crippen LogP contribution is 2.32. The summed E-state index contributed by atoms with van der Waals surface area (Å²) in [6, 6.07) is 4.52. The van der Waals surface area contributed by atoms with Crippen LogP contribution in [0.1, 0.15) is 30.4 Å². The van der Waals surface area contributed by atoms with Crippen LogP contribution in [-0.4, -0.2) is 51.1 Å². The number of fused-ring (bicyclic) bond motifs is 1. The number of aromatic nitrogens is 3. The van der Waals surface area contributed by atoms with Gasteiger partial charge in [-0.1, -0.05) is 6.07 Å². The van der Waals surface area contributed by atoms with Gasteiger partial charge in [0.1, 0.15) is 0 Å². The molecule has 4 rings (SSSR count). The molecule has 134 valence electrons. The van der Waals surface area contributed by atoms with Gasteiger partial charge in [-0.2, -0.15) is 5.10 Å². The fraction of sp³-hybridized carbons (Fsp3) is 0.579. The van der Waals surface area contributed by atoms with Crippen LogP contribution in [-0.2, 0) is 29.7 Å². The number of hydrogen-bond donors (Lipinski definition) is 0. The van der Waals surface area contributed by atoms with Crippen molar-refractivity contribution in [2.45, 2.75) is 50.7 Å². The number of likely N-dealkylation sites (tertiary alicyclic amines) is 1. The van der Waals surface area contributed by atoms with Gasteiger partial charge in [-0.15, -0.1) is 0 Å². The van der Waals surface area contributed by atoms with Gasteiger partial charge in [-0.25, -0.2) is 0 Å². The zero-order valence-electron chi connectivity index (χ0n) is 14.8. The highest BCUT2D eigenvalue weighted by Gasteiger charge is 2.39. The first-order valence-corrected chi connectivity index (χ1v) is 9.11. The Labute approximate surface area is 148 Å². The Morgan fingerprint density at radius 3 is 3.00 bits per heavy atom. The summed E-state index contributed by atoms with van der Waals surface area (Å²) in [6.07, 6.45) is 11.6. The highest BCUT2D eigenvalue weighted by atomic mass is 16.5. The van der Waals surface area contributed by atoms with E-state index in [1.165, 1.54) is 12.0 Å². The molecule has 0 saturated carbocycles. The van der Waals surface area contributed by atoms with Crippen molar-refractivity contribution >= 4 is 0 Å². The van der Waals surface area contributed by atoms with Crippen molar-refractivity contribution in [2.24, 2.45) is 7.05 Å². The smallest absolute Gasteiger partial charge is 0.0813 e. The van der Waals surface area contributed by atoms with Crippen molar-refractivity contribution < 1.29 is 9.47 Å². The second kappa shape index (κ2) is 7.64. The van der Waals surface area contributed by atoms with Crippen LogP contribution in [0.25, 0.3) is 0 Å². The summed E-state index contributed by atoms with van der Waals surface area (Å²) in [4.78, 5) is 6.67. The molecule has 0 aliphatic carbocycles. The lowest BCUT2D eigenvalue weighted by molar-refractivity contribution is -0.102. The molecule has 0 amide bonds. The highest BCUT2D eigenvalue weighted by molar-refractivity contribution is 5.07. The summed E-state index contributed by atoms with van der Waals surface area (Å²) in [7, 11) is 1.97. The lowest BCUT2D eigenvalue weighted by Gasteiger charge is -2.35. The minimum Gasteiger partial charge on any atom is -0.374 e. The molecule has 2 saturated heterocycles. The van der Waals surface area contributed by atoms with Gasteiger partial charge in [0, 0.05) is 50.3 Å². The maximum atomic E-state index is 6.32. The molecule has 2 aliphatic heterocycles. The van der Waals surface area contributed by atoms with E-state index in [-0.39, 0.29) is 6.10 Å². The molecule has 25 heavy (non-hydrogen) atoms. The minimum absolute atomic E-state index is 0.219. The van der Waals surface area contributed by atoms with Gasteiger partial charge < -0.3 is 9.47 Å². The maximum absolute atomic E-state index is 6.32. The van der Waals surface area contributed by atoms with E-state index in [0.29, 0.717) is 25.4 Å². The van der Waals surface area contributed by atoms with E-state index in [0.717, 1.165) is 31.5 Å². The van der Waals surface area contributed by atoms with Gasteiger partial charge in [0.25, 0.3) is 0 Å². The van der Waals surface area contributed by atoms with Crippen LogP contribution >= 0.6 is 0 Å². The lowest BCUT2D eigenvalue weighted by atomic mass is 9.99. The molecule has 2 aromatic heterocycles. The van der Waals surface area contributed by atoms with E-state index in [4.69, 9.17) is 9.47 Å². The first kappa shape index (κ1) is 16.7. The van der Waals surface area contributed by atoms with Gasteiger partial charge in [-0.3, -0.25) is 14.6 Å². The molecule has 0 radical (unpaired) electrons. The average molecular weight is 342 g/mol. The van der Waals surface area contributed by atoms with Crippen molar-refractivity contribution in [1.82, 2.24) is 19.7 Å². The zero-order chi connectivity index (χ0) is 17.1.